The number of H-pyrrole nitrogens is 1. The fraction of sp³-hybridized carbons (Fsp3) is 0. The molecule has 2 rings (SSSR count). The number of rotatable bonds is 2. The molecule has 0 fully saturated rings. The molecule has 2 aromatic rings. The van der Waals surface area contributed by atoms with Crippen molar-refractivity contribution in [2.24, 2.45) is 0 Å². The summed E-state index contributed by atoms with van der Waals surface area (Å²) in [6.45, 7) is 0. The molecular weight excluding hydrogens is 297 g/mol. The zero-order chi connectivity index (χ0) is 11.5. The van der Waals surface area contributed by atoms with Crippen molar-refractivity contribution in [3.63, 3.8) is 0 Å². The molecular formula is C9H5BrFN3OS. The van der Waals surface area contributed by atoms with Gasteiger partial charge in [0, 0.05) is 22.9 Å². The molecule has 0 atom stereocenters. The van der Waals surface area contributed by atoms with Gasteiger partial charge < -0.3 is 4.98 Å². The Morgan fingerprint density at radius 1 is 1.44 bits per heavy atom. The zero-order valence-corrected chi connectivity index (χ0v) is 10.2. The maximum atomic E-state index is 13.4. The third-order valence-corrected chi connectivity index (χ3v) is 2.94. The number of hydrogen-bond acceptors (Lipinski definition) is 4. The van der Waals surface area contributed by atoms with E-state index in [1.54, 1.807) is 0 Å². The van der Waals surface area contributed by atoms with Gasteiger partial charge in [-0.1, -0.05) is 0 Å². The van der Waals surface area contributed by atoms with Crippen LogP contribution < -0.4 is 5.56 Å². The van der Waals surface area contributed by atoms with Crippen LogP contribution in [0.15, 0.2) is 44.0 Å². The normalized spacial score (nSPS) is 10.4. The van der Waals surface area contributed by atoms with Gasteiger partial charge in [0.25, 0.3) is 5.56 Å². The summed E-state index contributed by atoms with van der Waals surface area (Å²) in [6.07, 6.45) is 2.84. The largest absolute Gasteiger partial charge is 0.301 e. The van der Waals surface area contributed by atoms with E-state index in [4.69, 9.17) is 0 Å². The van der Waals surface area contributed by atoms with Crippen molar-refractivity contribution < 1.29 is 4.39 Å². The number of nitrogens with zero attached hydrogens (tertiary/aromatic N) is 2. The van der Waals surface area contributed by atoms with Crippen molar-refractivity contribution in [3.05, 3.63) is 45.2 Å². The summed E-state index contributed by atoms with van der Waals surface area (Å²) in [5, 5.41) is 0.471. The van der Waals surface area contributed by atoms with Gasteiger partial charge in [-0.05, 0) is 33.8 Å². The van der Waals surface area contributed by atoms with Gasteiger partial charge in [-0.25, -0.2) is 14.4 Å². The van der Waals surface area contributed by atoms with Gasteiger partial charge in [0.05, 0.1) is 0 Å². The number of pyridine rings is 1. The van der Waals surface area contributed by atoms with Crippen LogP contribution in [0.1, 0.15) is 0 Å². The van der Waals surface area contributed by atoms with E-state index in [1.165, 1.54) is 24.5 Å². The monoisotopic (exact) mass is 301 g/mol. The molecule has 2 heterocycles. The minimum Gasteiger partial charge on any atom is -0.301 e. The molecule has 0 saturated carbocycles. The average molecular weight is 302 g/mol. The molecule has 0 saturated heterocycles. The van der Waals surface area contributed by atoms with E-state index in [0.717, 1.165) is 11.8 Å². The van der Waals surface area contributed by atoms with Gasteiger partial charge >= 0.3 is 0 Å². The van der Waals surface area contributed by atoms with Gasteiger partial charge in [0.15, 0.2) is 11.0 Å². The maximum Gasteiger partial charge on any atom is 0.251 e. The minimum atomic E-state index is -0.467. The lowest BCUT2D eigenvalue weighted by Crippen LogP contribution is -2.05. The number of nitrogens with one attached hydrogen (secondary N) is 1. The predicted molar refractivity (Wildman–Crippen MR) is 60.9 cm³/mol. The molecule has 0 radical (unpaired) electrons. The Balaban J connectivity index is 2.30. The number of hydrogen-bond donors (Lipinski definition) is 1. The lowest BCUT2D eigenvalue weighted by molar-refractivity contribution is 0.586. The first-order valence-corrected chi connectivity index (χ1v) is 5.80. The van der Waals surface area contributed by atoms with Crippen LogP contribution >= 0.6 is 27.7 Å². The first kappa shape index (κ1) is 11.3. The SMILES string of the molecule is O=c1ccnc(Sc2ncc(Br)cc2F)[nH]1. The van der Waals surface area contributed by atoms with Crippen molar-refractivity contribution in [1.29, 1.82) is 0 Å². The molecule has 0 aliphatic carbocycles. The van der Waals surface area contributed by atoms with Crippen molar-refractivity contribution in [2.45, 2.75) is 10.2 Å². The third kappa shape index (κ3) is 2.67. The Hall–Kier alpha value is -1.21. The summed E-state index contributed by atoms with van der Waals surface area (Å²) in [5.41, 5.74) is -0.282. The van der Waals surface area contributed by atoms with E-state index in [0.29, 0.717) is 9.63 Å². The van der Waals surface area contributed by atoms with Gasteiger partial charge in [-0.2, -0.15) is 0 Å². The fourth-order valence-corrected chi connectivity index (χ4v) is 1.99. The molecule has 0 amide bonds. The molecule has 4 nitrogen and oxygen atoms in total. The molecule has 7 heteroatoms. The van der Waals surface area contributed by atoms with E-state index in [9.17, 15) is 9.18 Å². The Kier molecular flexibility index (Phi) is 3.35. The van der Waals surface area contributed by atoms with Crippen LogP contribution in [0.2, 0.25) is 0 Å². The van der Waals surface area contributed by atoms with Gasteiger partial charge in [-0.15, -0.1) is 0 Å². The van der Waals surface area contributed by atoms with Crippen LogP contribution in [0.25, 0.3) is 0 Å². The summed E-state index contributed by atoms with van der Waals surface area (Å²) >= 11 is 4.07. The van der Waals surface area contributed by atoms with E-state index in [-0.39, 0.29) is 10.6 Å². The smallest absolute Gasteiger partial charge is 0.251 e. The number of aromatic nitrogens is 3. The second-order valence-corrected chi connectivity index (χ2v) is 4.68. The summed E-state index contributed by atoms with van der Waals surface area (Å²) in [6, 6.07) is 2.59. The Morgan fingerprint density at radius 2 is 2.25 bits per heavy atom. The van der Waals surface area contributed by atoms with E-state index in [2.05, 4.69) is 30.9 Å². The van der Waals surface area contributed by atoms with Gasteiger partial charge in [0.1, 0.15) is 5.03 Å². The summed E-state index contributed by atoms with van der Waals surface area (Å²) in [7, 11) is 0. The maximum absolute atomic E-state index is 13.4. The molecule has 2 aromatic heterocycles. The molecule has 0 unspecified atom stereocenters. The van der Waals surface area contributed by atoms with E-state index in [1.807, 2.05) is 0 Å². The van der Waals surface area contributed by atoms with Crippen molar-refractivity contribution in [2.75, 3.05) is 0 Å². The Morgan fingerprint density at radius 3 is 2.94 bits per heavy atom. The molecule has 1 N–H and O–H groups in total. The number of aromatic amines is 1. The van der Waals surface area contributed by atoms with E-state index >= 15 is 0 Å². The standard InChI is InChI=1S/C9H5BrFN3OS/c10-5-3-6(11)8(13-4-5)16-9-12-2-1-7(15)14-9/h1-4H,(H,12,14,15). The zero-order valence-electron chi connectivity index (χ0n) is 7.78. The molecule has 0 spiro atoms. The second-order valence-electron chi connectivity index (χ2n) is 2.78. The van der Waals surface area contributed by atoms with Crippen LogP contribution in [0, 0.1) is 5.82 Å². The topological polar surface area (TPSA) is 58.6 Å². The predicted octanol–water partition coefficient (Wildman–Crippen LogP) is 2.22. The lowest BCUT2D eigenvalue weighted by Gasteiger charge is -2.00. The molecule has 0 aromatic carbocycles. The average Bonchev–Trinajstić information content (AvgIpc) is 2.22. The highest BCUT2D eigenvalue weighted by atomic mass is 79.9. The summed E-state index contributed by atoms with van der Waals surface area (Å²) < 4.78 is 14.0. The summed E-state index contributed by atoms with van der Waals surface area (Å²) in [4.78, 5) is 21.2. The Labute approximate surface area is 102 Å². The number of halogens is 2. The summed E-state index contributed by atoms with van der Waals surface area (Å²) in [5.74, 6) is -0.467. The molecule has 16 heavy (non-hydrogen) atoms. The van der Waals surface area contributed by atoms with Crippen molar-refractivity contribution in [1.82, 2.24) is 15.0 Å². The van der Waals surface area contributed by atoms with Crippen molar-refractivity contribution >= 4 is 27.7 Å². The first-order chi connectivity index (χ1) is 7.65. The second kappa shape index (κ2) is 4.75. The third-order valence-electron chi connectivity index (χ3n) is 1.62. The van der Waals surface area contributed by atoms with Crippen molar-refractivity contribution in [3.8, 4) is 0 Å². The molecule has 0 aliphatic heterocycles. The minimum absolute atomic E-state index is 0.164. The van der Waals surface area contributed by atoms with Crippen LogP contribution in [0.3, 0.4) is 0 Å². The highest BCUT2D eigenvalue weighted by molar-refractivity contribution is 9.10. The molecule has 0 bridgehead atoms. The van der Waals surface area contributed by atoms with Crippen LogP contribution in [-0.2, 0) is 0 Å². The highest BCUT2D eigenvalue weighted by Crippen LogP contribution is 2.25. The van der Waals surface area contributed by atoms with Crippen LogP contribution in [0.5, 0.6) is 0 Å². The van der Waals surface area contributed by atoms with Gasteiger partial charge in [0.2, 0.25) is 0 Å². The molecule has 82 valence electrons. The van der Waals surface area contributed by atoms with E-state index < -0.39 is 5.82 Å². The quantitative estimate of drug-likeness (QED) is 0.864. The van der Waals surface area contributed by atoms with Gasteiger partial charge in [-0.3, -0.25) is 4.79 Å². The first-order valence-electron chi connectivity index (χ1n) is 4.19. The van der Waals surface area contributed by atoms with Crippen LogP contribution in [0.4, 0.5) is 4.39 Å². The van der Waals surface area contributed by atoms with Crippen LogP contribution in [-0.4, -0.2) is 15.0 Å². The Bertz CT molecular complexity index is 575. The lowest BCUT2D eigenvalue weighted by atomic mass is 10.5. The molecule has 0 aliphatic rings. The fourth-order valence-electron chi connectivity index (χ4n) is 0.973. The highest BCUT2D eigenvalue weighted by Gasteiger charge is 2.07.